The van der Waals surface area contributed by atoms with Crippen molar-refractivity contribution in [1.29, 1.82) is 0 Å². The van der Waals surface area contributed by atoms with Crippen LogP contribution in [0.25, 0.3) is 0 Å². The first kappa shape index (κ1) is 20.8. The summed E-state index contributed by atoms with van der Waals surface area (Å²) in [5.41, 5.74) is 5.14. The molecular weight excluding hydrogens is 408 g/mol. The Balaban J connectivity index is 1.68. The van der Waals surface area contributed by atoms with Crippen molar-refractivity contribution in [2.24, 2.45) is 0 Å². The number of nitrogens with one attached hydrogen (secondary N) is 3. The molecule has 0 spiro atoms. The van der Waals surface area contributed by atoms with Crippen molar-refractivity contribution in [3.63, 3.8) is 0 Å². The number of aryl methyl sites for hydroxylation is 2. The van der Waals surface area contributed by atoms with Crippen LogP contribution in [-0.4, -0.2) is 18.7 Å². The first-order chi connectivity index (χ1) is 13.7. The van der Waals surface area contributed by atoms with Crippen molar-refractivity contribution in [1.82, 2.24) is 5.16 Å². The van der Waals surface area contributed by atoms with Gasteiger partial charge in [-0.05, 0) is 81.4 Å². The molecule has 3 aromatic rings. The Morgan fingerprint density at radius 3 is 2.28 bits per heavy atom. The van der Waals surface area contributed by atoms with E-state index in [1.807, 2.05) is 32.0 Å². The average Bonchev–Trinajstić information content (AvgIpc) is 2.97. The van der Waals surface area contributed by atoms with Gasteiger partial charge in [-0.25, -0.2) is 13.1 Å². The van der Waals surface area contributed by atoms with Crippen LogP contribution in [-0.2, 0) is 10.0 Å². The maximum atomic E-state index is 12.5. The van der Waals surface area contributed by atoms with Crippen molar-refractivity contribution in [2.45, 2.75) is 32.6 Å². The number of nitrogens with zero attached hydrogens (tertiary/aromatic N) is 1. The Hall–Kier alpha value is -2.91. The molecule has 29 heavy (non-hydrogen) atoms. The van der Waals surface area contributed by atoms with E-state index in [1.165, 1.54) is 12.1 Å². The second-order valence-electron chi connectivity index (χ2n) is 6.68. The predicted molar refractivity (Wildman–Crippen MR) is 119 cm³/mol. The van der Waals surface area contributed by atoms with E-state index in [-0.39, 0.29) is 10.8 Å². The van der Waals surface area contributed by atoms with Gasteiger partial charge in [0.05, 0.1) is 10.6 Å². The average molecular weight is 431 g/mol. The molecule has 7 nitrogen and oxygen atoms in total. The van der Waals surface area contributed by atoms with Crippen LogP contribution in [0.2, 0.25) is 0 Å². The topological polar surface area (TPSA) is 96.3 Å². The van der Waals surface area contributed by atoms with E-state index in [1.54, 1.807) is 26.0 Å². The zero-order chi connectivity index (χ0) is 21.2. The maximum Gasteiger partial charge on any atom is 0.264 e. The van der Waals surface area contributed by atoms with Gasteiger partial charge >= 0.3 is 0 Å². The number of benzene rings is 2. The molecule has 0 saturated carbocycles. The van der Waals surface area contributed by atoms with E-state index < -0.39 is 10.0 Å². The molecular formula is C20H22N4O3S2. The molecule has 0 fully saturated rings. The predicted octanol–water partition coefficient (Wildman–Crippen LogP) is 4.52. The monoisotopic (exact) mass is 430 g/mol. The molecule has 0 amide bonds. The van der Waals surface area contributed by atoms with E-state index in [9.17, 15) is 8.42 Å². The van der Waals surface area contributed by atoms with Crippen LogP contribution >= 0.6 is 12.2 Å². The van der Waals surface area contributed by atoms with E-state index in [0.717, 1.165) is 16.8 Å². The molecule has 1 heterocycles. The molecule has 0 bridgehead atoms. The molecule has 0 saturated heterocycles. The second kappa shape index (κ2) is 8.22. The van der Waals surface area contributed by atoms with E-state index >= 15 is 0 Å². The standard InChI is InChI=1S/C20H22N4O3S2/c1-12-6-5-7-18(13(12)2)22-20(28)21-16-8-10-17(11-9-16)29(25,26)24-19-14(3)15(4)23-27-19/h5-11,24H,1-4H3,(H2,21,22,28). The molecule has 0 radical (unpaired) electrons. The molecule has 9 heteroatoms. The minimum absolute atomic E-state index is 0.102. The molecule has 3 rings (SSSR count). The Bertz CT molecular complexity index is 1150. The lowest BCUT2D eigenvalue weighted by Gasteiger charge is -2.14. The highest BCUT2D eigenvalue weighted by Crippen LogP contribution is 2.23. The normalized spacial score (nSPS) is 11.2. The highest BCUT2D eigenvalue weighted by Gasteiger charge is 2.19. The smallest absolute Gasteiger partial charge is 0.264 e. The van der Waals surface area contributed by atoms with Crippen LogP contribution in [0, 0.1) is 27.7 Å². The number of hydrogen-bond acceptors (Lipinski definition) is 5. The van der Waals surface area contributed by atoms with Gasteiger partial charge in [0.2, 0.25) is 5.88 Å². The Morgan fingerprint density at radius 2 is 1.66 bits per heavy atom. The van der Waals surface area contributed by atoms with Gasteiger partial charge in [0.15, 0.2) is 5.11 Å². The van der Waals surface area contributed by atoms with Crippen LogP contribution in [0.4, 0.5) is 17.3 Å². The minimum Gasteiger partial charge on any atom is -0.337 e. The summed E-state index contributed by atoms with van der Waals surface area (Å²) in [7, 11) is -3.79. The van der Waals surface area contributed by atoms with Crippen molar-refractivity contribution >= 4 is 44.6 Å². The lowest BCUT2D eigenvalue weighted by atomic mass is 10.1. The van der Waals surface area contributed by atoms with Gasteiger partial charge in [0.25, 0.3) is 10.0 Å². The van der Waals surface area contributed by atoms with Crippen molar-refractivity contribution in [2.75, 3.05) is 15.4 Å². The van der Waals surface area contributed by atoms with Gasteiger partial charge in [-0.1, -0.05) is 17.3 Å². The lowest BCUT2D eigenvalue weighted by Crippen LogP contribution is -2.20. The summed E-state index contributed by atoms with van der Waals surface area (Å²) in [5.74, 6) is 0.114. The quantitative estimate of drug-likeness (QED) is 0.512. The van der Waals surface area contributed by atoms with Crippen LogP contribution < -0.4 is 15.4 Å². The van der Waals surface area contributed by atoms with Gasteiger partial charge in [-0.2, -0.15) is 0 Å². The summed E-state index contributed by atoms with van der Waals surface area (Å²) < 4.78 is 32.5. The number of sulfonamides is 1. The first-order valence-electron chi connectivity index (χ1n) is 8.87. The summed E-state index contributed by atoms with van der Waals surface area (Å²) >= 11 is 5.36. The van der Waals surface area contributed by atoms with E-state index in [2.05, 4.69) is 20.5 Å². The summed E-state index contributed by atoms with van der Waals surface area (Å²) in [4.78, 5) is 0.102. The number of anilines is 3. The van der Waals surface area contributed by atoms with Gasteiger partial charge in [0, 0.05) is 16.9 Å². The van der Waals surface area contributed by atoms with Crippen LogP contribution in [0.1, 0.15) is 22.4 Å². The zero-order valence-corrected chi connectivity index (χ0v) is 18.2. The zero-order valence-electron chi connectivity index (χ0n) is 16.5. The van der Waals surface area contributed by atoms with Gasteiger partial charge in [0.1, 0.15) is 0 Å². The first-order valence-corrected chi connectivity index (χ1v) is 10.8. The SMILES string of the molecule is Cc1cccc(NC(=S)Nc2ccc(S(=O)(=O)Nc3onc(C)c3C)cc2)c1C. The van der Waals surface area contributed by atoms with Gasteiger partial charge in [-0.15, -0.1) is 0 Å². The highest BCUT2D eigenvalue weighted by atomic mass is 32.2. The fourth-order valence-electron chi connectivity index (χ4n) is 2.58. The van der Waals surface area contributed by atoms with Crippen LogP contribution in [0.3, 0.4) is 0 Å². The van der Waals surface area contributed by atoms with Crippen LogP contribution in [0.5, 0.6) is 0 Å². The number of thiocarbonyl (C=S) groups is 1. The van der Waals surface area contributed by atoms with Gasteiger partial charge < -0.3 is 15.2 Å². The Labute approximate surface area is 175 Å². The van der Waals surface area contributed by atoms with E-state index in [4.69, 9.17) is 16.7 Å². The maximum absolute atomic E-state index is 12.5. The van der Waals surface area contributed by atoms with Crippen molar-refractivity contribution in [3.05, 3.63) is 64.8 Å². The van der Waals surface area contributed by atoms with E-state index in [0.29, 0.717) is 22.1 Å². The fraction of sp³-hybridized carbons (Fsp3) is 0.200. The molecule has 1 aromatic heterocycles. The summed E-state index contributed by atoms with van der Waals surface area (Å²) in [6.45, 7) is 7.53. The molecule has 0 aliphatic carbocycles. The largest absolute Gasteiger partial charge is 0.337 e. The third-order valence-electron chi connectivity index (χ3n) is 4.66. The van der Waals surface area contributed by atoms with Gasteiger partial charge in [-0.3, -0.25) is 0 Å². The molecule has 152 valence electrons. The molecule has 3 N–H and O–H groups in total. The van der Waals surface area contributed by atoms with Crippen molar-refractivity contribution < 1.29 is 12.9 Å². The minimum atomic E-state index is -3.79. The number of hydrogen-bond donors (Lipinski definition) is 3. The van der Waals surface area contributed by atoms with Crippen LogP contribution in [0.15, 0.2) is 51.9 Å². The summed E-state index contributed by atoms with van der Waals surface area (Å²) in [6, 6.07) is 12.2. The molecule has 0 unspecified atom stereocenters. The van der Waals surface area contributed by atoms with Crippen molar-refractivity contribution in [3.8, 4) is 0 Å². The molecule has 0 aliphatic rings. The number of aromatic nitrogens is 1. The third-order valence-corrected chi connectivity index (χ3v) is 6.21. The highest BCUT2D eigenvalue weighted by molar-refractivity contribution is 7.92. The molecule has 2 aromatic carbocycles. The fourth-order valence-corrected chi connectivity index (χ4v) is 3.85. The lowest BCUT2D eigenvalue weighted by molar-refractivity contribution is 0.430. The summed E-state index contributed by atoms with van der Waals surface area (Å²) in [6.07, 6.45) is 0. The number of rotatable bonds is 5. The second-order valence-corrected chi connectivity index (χ2v) is 8.77. The Morgan fingerprint density at radius 1 is 0.966 bits per heavy atom. The third kappa shape index (κ3) is 4.75. The Kier molecular flexibility index (Phi) is 5.90. The summed E-state index contributed by atoms with van der Waals surface area (Å²) in [5, 5.41) is 10.4. The molecule has 0 atom stereocenters. The molecule has 0 aliphatic heterocycles.